The number of ether oxygens (including phenoxy) is 1. The van der Waals surface area contributed by atoms with Crippen molar-refractivity contribution in [1.29, 1.82) is 10.5 Å². The third-order valence-electron chi connectivity index (χ3n) is 2.53. The van der Waals surface area contributed by atoms with Gasteiger partial charge in [-0.05, 0) is 23.8 Å². The van der Waals surface area contributed by atoms with Gasteiger partial charge in [0.2, 0.25) is 0 Å². The van der Waals surface area contributed by atoms with Crippen LogP contribution in [0.15, 0.2) is 29.1 Å². The molecule has 0 unspecified atom stereocenters. The molecule has 2 rings (SSSR count). The predicted molar refractivity (Wildman–Crippen MR) is 75.4 cm³/mol. The number of nitrogens with one attached hydrogen (secondary N) is 1. The van der Waals surface area contributed by atoms with Crippen LogP contribution in [0.25, 0.3) is 11.6 Å². The average Bonchev–Trinajstić information content (AvgIpc) is 2.82. The van der Waals surface area contributed by atoms with Gasteiger partial charge in [-0.3, -0.25) is 4.79 Å². The van der Waals surface area contributed by atoms with Crippen LogP contribution < -0.4 is 19.5 Å². The van der Waals surface area contributed by atoms with E-state index < -0.39 is 0 Å². The third kappa shape index (κ3) is 2.77. The summed E-state index contributed by atoms with van der Waals surface area (Å²) in [7, 11) is 1.58. The van der Waals surface area contributed by atoms with Crippen LogP contribution in [-0.4, -0.2) is 12.1 Å². The second-order valence-corrected chi connectivity index (χ2v) is 4.82. The van der Waals surface area contributed by atoms with Gasteiger partial charge in [0, 0.05) is 0 Å². The summed E-state index contributed by atoms with van der Waals surface area (Å²) >= 11 is 1.08. The van der Waals surface area contributed by atoms with Crippen molar-refractivity contribution in [2.24, 2.45) is 0 Å². The van der Waals surface area contributed by atoms with E-state index in [1.807, 2.05) is 12.1 Å². The Morgan fingerprint density at radius 3 is 2.50 bits per heavy atom. The summed E-state index contributed by atoms with van der Waals surface area (Å²) in [6, 6.07) is 10.7. The zero-order valence-electron chi connectivity index (χ0n) is 10.5. The van der Waals surface area contributed by atoms with Crippen molar-refractivity contribution >= 4 is 23.0 Å². The number of hydrogen-bond donors (Lipinski definition) is 1. The number of aromatic amines is 1. The topological polar surface area (TPSA) is 89.7 Å². The van der Waals surface area contributed by atoms with Crippen molar-refractivity contribution in [3.8, 4) is 17.9 Å². The highest BCUT2D eigenvalue weighted by Crippen LogP contribution is 2.11. The molecule has 0 amide bonds. The van der Waals surface area contributed by atoms with Crippen LogP contribution in [-0.2, 0) is 0 Å². The number of aromatic nitrogens is 1. The number of nitriles is 2. The first-order chi connectivity index (χ1) is 9.67. The van der Waals surface area contributed by atoms with Gasteiger partial charge in [0.25, 0.3) is 5.56 Å². The van der Waals surface area contributed by atoms with Gasteiger partial charge in [0.15, 0.2) is 5.57 Å². The van der Waals surface area contributed by atoms with Crippen LogP contribution in [0, 0.1) is 22.7 Å². The first-order valence-corrected chi connectivity index (χ1v) is 6.39. The van der Waals surface area contributed by atoms with Gasteiger partial charge >= 0.3 is 0 Å². The maximum Gasteiger partial charge on any atom is 0.266 e. The standard InChI is InChI=1S/C14H9N3O2S/c1-19-11-4-2-9(3-5-11)6-12-13(18)17-14(20-12)10(7-15)8-16/h2-6H,1H3,(H,17,18)/b12-6-. The van der Waals surface area contributed by atoms with E-state index in [1.54, 1.807) is 37.5 Å². The number of benzene rings is 1. The van der Waals surface area contributed by atoms with Gasteiger partial charge in [-0.2, -0.15) is 10.5 Å². The van der Waals surface area contributed by atoms with E-state index in [9.17, 15) is 4.79 Å². The summed E-state index contributed by atoms with van der Waals surface area (Å²) in [5.41, 5.74) is 0.422. The highest BCUT2D eigenvalue weighted by atomic mass is 32.1. The molecule has 6 heteroatoms. The monoisotopic (exact) mass is 283 g/mol. The average molecular weight is 283 g/mol. The van der Waals surface area contributed by atoms with Crippen molar-refractivity contribution in [2.75, 3.05) is 7.11 Å². The molecule has 0 aliphatic rings. The second-order valence-electron chi connectivity index (χ2n) is 3.77. The summed E-state index contributed by atoms with van der Waals surface area (Å²) in [6.45, 7) is 0. The number of H-pyrrole nitrogens is 1. The number of hydrogen-bond acceptors (Lipinski definition) is 5. The fourth-order valence-corrected chi connectivity index (χ4v) is 2.43. The Balaban J connectivity index is 2.57. The number of methoxy groups -OCH3 is 1. The lowest BCUT2D eigenvalue weighted by Crippen LogP contribution is -2.20. The molecular weight excluding hydrogens is 274 g/mol. The lowest BCUT2D eigenvalue weighted by molar-refractivity contribution is 0.415. The third-order valence-corrected chi connectivity index (χ3v) is 3.56. The first-order valence-electron chi connectivity index (χ1n) is 5.57. The van der Waals surface area contributed by atoms with Crippen LogP contribution in [0.2, 0.25) is 0 Å². The van der Waals surface area contributed by atoms with Crippen LogP contribution in [0.1, 0.15) is 5.56 Å². The predicted octanol–water partition coefficient (Wildman–Crippen LogP) is 0.472. The van der Waals surface area contributed by atoms with Crippen molar-refractivity contribution in [2.45, 2.75) is 0 Å². The Morgan fingerprint density at radius 2 is 1.95 bits per heavy atom. The van der Waals surface area contributed by atoms with Crippen molar-refractivity contribution in [3.63, 3.8) is 0 Å². The minimum Gasteiger partial charge on any atom is -0.497 e. The summed E-state index contributed by atoms with van der Waals surface area (Å²) in [6.07, 6.45) is 1.69. The molecule has 1 aromatic heterocycles. The van der Waals surface area contributed by atoms with E-state index in [4.69, 9.17) is 15.3 Å². The van der Waals surface area contributed by atoms with Gasteiger partial charge in [-0.25, -0.2) is 0 Å². The summed E-state index contributed by atoms with van der Waals surface area (Å²) in [5.74, 6) is 0.729. The van der Waals surface area contributed by atoms with Gasteiger partial charge in [-0.1, -0.05) is 12.1 Å². The molecule has 0 radical (unpaired) electrons. The maximum atomic E-state index is 11.8. The molecule has 1 aromatic carbocycles. The van der Waals surface area contributed by atoms with E-state index in [2.05, 4.69) is 4.98 Å². The summed E-state index contributed by atoms with van der Waals surface area (Å²) in [4.78, 5) is 14.3. The fraction of sp³-hybridized carbons (Fsp3) is 0.0714. The molecule has 0 saturated carbocycles. The van der Waals surface area contributed by atoms with Gasteiger partial charge in [0.1, 0.15) is 22.6 Å². The fourth-order valence-electron chi connectivity index (χ4n) is 1.53. The quantitative estimate of drug-likeness (QED) is 0.867. The van der Waals surface area contributed by atoms with Gasteiger partial charge < -0.3 is 9.72 Å². The van der Waals surface area contributed by atoms with E-state index in [0.717, 1.165) is 22.6 Å². The van der Waals surface area contributed by atoms with Crippen LogP contribution in [0.5, 0.6) is 5.75 Å². The summed E-state index contributed by atoms with van der Waals surface area (Å²) < 4.78 is 5.77. The maximum absolute atomic E-state index is 11.8. The summed E-state index contributed by atoms with van der Waals surface area (Å²) in [5, 5.41) is 17.6. The molecule has 0 bridgehead atoms. The van der Waals surface area contributed by atoms with E-state index in [-0.39, 0.29) is 15.8 Å². The molecule has 1 heterocycles. The molecular formula is C14H9N3O2S. The molecule has 20 heavy (non-hydrogen) atoms. The van der Waals surface area contributed by atoms with Crippen LogP contribution in [0.4, 0.5) is 0 Å². The molecule has 1 N–H and O–H groups in total. The highest BCUT2D eigenvalue weighted by molar-refractivity contribution is 7.07. The van der Waals surface area contributed by atoms with Crippen LogP contribution in [0.3, 0.4) is 0 Å². The Labute approximate surface area is 118 Å². The molecule has 98 valence electrons. The molecule has 2 aromatic rings. The van der Waals surface area contributed by atoms with Crippen LogP contribution >= 0.6 is 11.3 Å². The molecule has 0 spiro atoms. The molecule has 0 aliphatic heterocycles. The SMILES string of the molecule is COc1ccc(/C=c2\sc(=C(C#N)C#N)[nH]c2=O)cc1. The minimum atomic E-state index is -0.316. The Bertz CT molecular complexity index is 861. The second kappa shape index (κ2) is 5.87. The Hall–Kier alpha value is -2.83. The van der Waals surface area contributed by atoms with E-state index in [0.29, 0.717) is 4.53 Å². The van der Waals surface area contributed by atoms with Crippen molar-refractivity contribution < 1.29 is 4.74 Å². The largest absolute Gasteiger partial charge is 0.497 e. The first kappa shape index (κ1) is 13.6. The van der Waals surface area contributed by atoms with Gasteiger partial charge in [-0.15, -0.1) is 11.3 Å². The van der Waals surface area contributed by atoms with Crippen molar-refractivity contribution in [1.82, 2.24) is 4.98 Å². The number of rotatable bonds is 2. The van der Waals surface area contributed by atoms with Gasteiger partial charge in [0.05, 0.1) is 11.6 Å². The van der Waals surface area contributed by atoms with Crippen molar-refractivity contribution in [3.05, 3.63) is 49.4 Å². The smallest absolute Gasteiger partial charge is 0.266 e. The number of nitrogens with zero attached hydrogens (tertiary/aromatic N) is 2. The number of thiazole rings is 1. The lowest BCUT2D eigenvalue weighted by atomic mass is 10.2. The van der Waals surface area contributed by atoms with E-state index in [1.165, 1.54) is 0 Å². The molecule has 0 saturated heterocycles. The normalized spacial score (nSPS) is 10.7. The molecule has 0 fully saturated rings. The molecule has 0 atom stereocenters. The molecule has 0 aliphatic carbocycles. The van der Waals surface area contributed by atoms with E-state index >= 15 is 0 Å². The highest BCUT2D eigenvalue weighted by Gasteiger charge is 2.01. The zero-order chi connectivity index (χ0) is 14.5. The molecule has 5 nitrogen and oxygen atoms in total. The Morgan fingerprint density at radius 1 is 1.30 bits per heavy atom. The zero-order valence-corrected chi connectivity index (χ0v) is 11.3. The lowest BCUT2D eigenvalue weighted by Gasteiger charge is -1.98. The Kier molecular flexibility index (Phi) is 3.99. The minimum absolute atomic E-state index is 0.0959.